The van der Waals surface area contributed by atoms with Crippen LogP contribution in [0.3, 0.4) is 0 Å². The molecule has 0 bridgehead atoms. The minimum absolute atomic E-state index is 0.0103. The zero-order valence-electron chi connectivity index (χ0n) is 11.1. The lowest BCUT2D eigenvalue weighted by atomic mass is 10.1. The third-order valence-corrected chi connectivity index (χ3v) is 5.72. The highest BCUT2D eigenvalue weighted by molar-refractivity contribution is 9.10. The first-order valence-corrected chi connectivity index (χ1v) is 9.13. The molecule has 0 spiro atoms. The van der Waals surface area contributed by atoms with E-state index in [1.165, 1.54) is 12.3 Å². The Morgan fingerprint density at radius 1 is 1.60 bits per heavy atom. The number of nitrogens with zero attached hydrogens (tertiary/aromatic N) is 2. The summed E-state index contributed by atoms with van der Waals surface area (Å²) in [6, 6.07) is 1.39. The van der Waals surface area contributed by atoms with Crippen LogP contribution >= 0.6 is 27.5 Å². The third-order valence-electron chi connectivity index (χ3n) is 3.34. The number of pyridine rings is 1. The van der Waals surface area contributed by atoms with Gasteiger partial charge in [0.05, 0.1) is 0 Å². The maximum Gasteiger partial charge on any atom is 0.243 e. The van der Waals surface area contributed by atoms with Crippen LogP contribution in [0.5, 0.6) is 0 Å². The molecule has 5 nitrogen and oxygen atoms in total. The van der Waals surface area contributed by atoms with E-state index < -0.39 is 10.0 Å². The molecule has 112 valence electrons. The molecule has 2 heterocycles. The Hall–Kier alpha value is -0.210. The lowest BCUT2D eigenvalue weighted by Crippen LogP contribution is -2.47. The average molecular weight is 383 g/mol. The van der Waals surface area contributed by atoms with Gasteiger partial charge in [0.25, 0.3) is 0 Å². The summed E-state index contributed by atoms with van der Waals surface area (Å²) in [5.41, 5.74) is 0. The van der Waals surface area contributed by atoms with Gasteiger partial charge in [-0.2, -0.15) is 0 Å². The van der Waals surface area contributed by atoms with E-state index in [2.05, 4.69) is 37.5 Å². The van der Waals surface area contributed by atoms with Crippen molar-refractivity contribution >= 4 is 37.6 Å². The topological polar surface area (TPSA) is 62.3 Å². The fourth-order valence-electron chi connectivity index (χ4n) is 2.31. The van der Waals surface area contributed by atoms with Gasteiger partial charge in [0.15, 0.2) is 0 Å². The number of likely N-dealkylation sites (N-methyl/N-ethyl adjacent to an activating group) is 1. The van der Waals surface area contributed by atoms with E-state index in [9.17, 15) is 8.42 Å². The summed E-state index contributed by atoms with van der Waals surface area (Å²) in [7, 11) is -3.65. The number of halogens is 2. The second kappa shape index (κ2) is 6.70. The highest BCUT2D eigenvalue weighted by Crippen LogP contribution is 2.23. The minimum atomic E-state index is -3.65. The maximum atomic E-state index is 12.4. The fourth-order valence-corrected chi connectivity index (χ4v) is 4.52. The van der Waals surface area contributed by atoms with Crippen molar-refractivity contribution in [1.82, 2.24) is 14.6 Å². The van der Waals surface area contributed by atoms with Gasteiger partial charge in [0.2, 0.25) is 10.0 Å². The Bertz CT molecular complexity index is 582. The zero-order chi connectivity index (χ0) is 14.8. The van der Waals surface area contributed by atoms with E-state index in [1.807, 2.05) is 0 Å². The number of piperidine rings is 1. The Balaban J connectivity index is 2.16. The molecular formula is C12H17BrClN3O2S. The largest absolute Gasteiger partial charge is 0.302 e. The van der Waals surface area contributed by atoms with Gasteiger partial charge in [-0.1, -0.05) is 18.5 Å². The number of nitrogens with one attached hydrogen (secondary N) is 1. The van der Waals surface area contributed by atoms with E-state index in [0.29, 0.717) is 4.47 Å². The van der Waals surface area contributed by atoms with Crippen molar-refractivity contribution in [2.75, 3.05) is 19.6 Å². The molecule has 0 amide bonds. The van der Waals surface area contributed by atoms with E-state index in [-0.39, 0.29) is 16.1 Å². The van der Waals surface area contributed by atoms with Crippen LogP contribution in [-0.4, -0.2) is 44.0 Å². The van der Waals surface area contributed by atoms with Gasteiger partial charge in [-0.3, -0.25) is 0 Å². The van der Waals surface area contributed by atoms with Crippen LogP contribution in [0.15, 0.2) is 21.6 Å². The highest BCUT2D eigenvalue weighted by Gasteiger charge is 2.26. The smallest absolute Gasteiger partial charge is 0.243 e. The second-order valence-electron chi connectivity index (χ2n) is 4.80. The molecule has 0 saturated carbocycles. The summed E-state index contributed by atoms with van der Waals surface area (Å²) in [4.78, 5) is 6.11. The van der Waals surface area contributed by atoms with Gasteiger partial charge in [0.1, 0.15) is 10.0 Å². The maximum absolute atomic E-state index is 12.4. The molecule has 8 heteroatoms. The predicted octanol–water partition coefficient (Wildman–Crippen LogP) is 2.26. The number of sulfonamides is 1. The van der Waals surface area contributed by atoms with Crippen LogP contribution in [0, 0.1) is 0 Å². The second-order valence-corrected chi connectivity index (χ2v) is 7.75. The third kappa shape index (κ3) is 3.92. The summed E-state index contributed by atoms with van der Waals surface area (Å²) in [5.74, 6) is 0. The number of aromatic nitrogens is 1. The Morgan fingerprint density at radius 3 is 3.05 bits per heavy atom. The number of hydrogen-bond donors (Lipinski definition) is 1. The standard InChI is InChI=1S/C12H17BrClN3O2S/c1-2-17-5-3-4-10(8-17)16-20(18,19)11-6-9(13)7-15-12(11)14/h6-7,10,16H,2-5,8H2,1H3. The first-order valence-electron chi connectivity index (χ1n) is 6.48. The summed E-state index contributed by atoms with van der Waals surface area (Å²) in [6.45, 7) is 4.76. The van der Waals surface area contributed by atoms with Crippen molar-refractivity contribution in [2.45, 2.75) is 30.7 Å². The normalized spacial score (nSPS) is 21.1. The lowest BCUT2D eigenvalue weighted by molar-refractivity contribution is 0.211. The Kier molecular flexibility index (Phi) is 5.42. The molecule has 1 aliphatic rings. The monoisotopic (exact) mass is 381 g/mol. The van der Waals surface area contributed by atoms with Crippen molar-refractivity contribution in [3.05, 3.63) is 21.9 Å². The van der Waals surface area contributed by atoms with Gasteiger partial charge in [-0.05, 0) is 47.9 Å². The first kappa shape index (κ1) is 16.2. The van der Waals surface area contributed by atoms with Crippen LogP contribution in [0.4, 0.5) is 0 Å². The van der Waals surface area contributed by atoms with E-state index in [1.54, 1.807) is 0 Å². The van der Waals surface area contributed by atoms with Crippen LogP contribution in [0.25, 0.3) is 0 Å². The quantitative estimate of drug-likeness (QED) is 0.811. The van der Waals surface area contributed by atoms with Crippen LogP contribution in [0.1, 0.15) is 19.8 Å². The number of hydrogen-bond acceptors (Lipinski definition) is 4. The van der Waals surface area contributed by atoms with E-state index >= 15 is 0 Å². The van der Waals surface area contributed by atoms with Crippen molar-refractivity contribution < 1.29 is 8.42 Å². The molecule has 1 N–H and O–H groups in total. The van der Waals surface area contributed by atoms with Gasteiger partial charge in [0, 0.05) is 23.3 Å². The molecule has 1 unspecified atom stereocenters. The molecule has 1 saturated heterocycles. The summed E-state index contributed by atoms with van der Waals surface area (Å²) >= 11 is 9.11. The SMILES string of the molecule is CCN1CCCC(NS(=O)(=O)c2cc(Br)cnc2Cl)C1. The summed E-state index contributed by atoms with van der Waals surface area (Å²) in [6.07, 6.45) is 3.31. The fraction of sp³-hybridized carbons (Fsp3) is 0.583. The van der Waals surface area contributed by atoms with Gasteiger partial charge in [-0.25, -0.2) is 18.1 Å². The van der Waals surface area contributed by atoms with Crippen LogP contribution in [0.2, 0.25) is 5.15 Å². The van der Waals surface area contributed by atoms with Gasteiger partial charge < -0.3 is 4.90 Å². The van der Waals surface area contributed by atoms with Crippen molar-refractivity contribution in [2.24, 2.45) is 0 Å². The molecular weight excluding hydrogens is 366 g/mol. The molecule has 1 atom stereocenters. The molecule has 20 heavy (non-hydrogen) atoms. The average Bonchev–Trinajstić information content (AvgIpc) is 2.41. The molecule has 0 aliphatic carbocycles. The van der Waals surface area contributed by atoms with Crippen molar-refractivity contribution in [3.63, 3.8) is 0 Å². The number of likely N-dealkylation sites (tertiary alicyclic amines) is 1. The van der Waals surface area contributed by atoms with E-state index in [0.717, 1.165) is 32.5 Å². The summed E-state index contributed by atoms with van der Waals surface area (Å²) < 4.78 is 28.1. The molecule has 2 rings (SSSR count). The number of rotatable bonds is 4. The van der Waals surface area contributed by atoms with Gasteiger partial charge in [-0.15, -0.1) is 0 Å². The molecule has 0 aromatic carbocycles. The van der Waals surface area contributed by atoms with Crippen LogP contribution < -0.4 is 4.72 Å². The van der Waals surface area contributed by atoms with Gasteiger partial charge >= 0.3 is 0 Å². The molecule has 1 fully saturated rings. The minimum Gasteiger partial charge on any atom is -0.302 e. The summed E-state index contributed by atoms with van der Waals surface area (Å²) in [5, 5.41) is -0.0103. The van der Waals surface area contributed by atoms with E-state index in [4.69, 9.17) is 11.6 Å². The molecule has 0 radical (unpaired) electrons. The first-order chi connectivity index (χ1) is 9.42. The highest BCUT2D eigenvalue weighted by atomic mass is 79.9. The predicted molar refractivity (Wildman–Crippen MR) is 82.4 cm³/mol. The lowest BCUT2D eigenvalue weighted by Gasteiger charge is -2.32. The Morgan fingerprint density at radius 2 is 2.35 bits per heavy atom. The van der Waals surface area contributed by atoms with Crippen LogP contribution in [-0.2, 0) is 10.0 Å². The molecule has 1 aromatic rings. The Labute approximate surface area is 132 Å². The van der Waals surface area contributed by atoms with Crippen molar-refractivity contribution in [3.8, 4) is 0 Å². The molecule has 1 aromatic heterocycles. The zero-order valence-corrected chi connectivity index (χ0v) is 14.3. The molecule has 1 aliphatic heterocycles. The van der Waals surface area contributed by atoms with Crippen molar-refractivity contribution in [1.29, 1.82) is 0 Å².